The molecular formula is C13H17NO3S. The molecule has 18 heavy (non-hydrogen) atoms. The molecule has 0 aromatic heterocycles. The summed E-state index contributed by atoms with van der Waals surface area (Å²) in [5.41, 5.74) is 2.20. The molecule has 4 nitrogen and oxygen atoms in total. The zero-order valence-electron chi connectivity index (χ0n) is 10.6. The maximum absolute atomic E-state index is 11.8. The number of hydrogen-bond donors (Lipinski definition) is 0. The molecule has 0 radical (unpaired) electrons. The highest BCUT2D eigenvalue weighted by atomic mass is 32.2. The second-order valence-electron chi connectivity index (χ2n) is 4.77. The van der Waals surface area contributed by atoms with E-state index in [1.165, 1.54) is 0 Å². The zero-order valence-corrected chi connectivity index (χ0v) is 11.4. The Hall–Kier alpha value is -1.36. The molecule has 1 amide bonds. The monoisotopic (exact) mass is 267 g/mol. The van der Waals surface area contributed by atoms with Gasteiger partial charge in [0.2, 0.25) is 15.9 Å². The predicted molar refractivity (Wildman–Crippen MR) is 69.5 cm³/mol. The number of amides is 1. The number of nitrogens with zero attached hydrogens (tertiary/aromatic N) is 1. The van der Waals surface area contributed by atoms with Crippen molar-refractivity contribution in [1.29, 1.82) is 0 Å². The van der Waals surface area contributed by atoms with Crippen LogP contribution in [0, 0.1) is 12.8 Å². The van der Waals surface area contributed by atoms with Crippen molar-refractivity contribution in [2.45, 2.75) is 20.3 Å². The fraction of sp³-hybridized carbons (Fsp3) is 0.462. The molecule has 0 spiro atoms. The molecule has 1 saturated heterocycles. The summed E-state index contributed by atoms with van der Waals surface area (Å²) in [4.78, 5) is 11.8. The van der Waals surface area contributed by atoms with Crippen molar-refractivity contribution in [1.82, 2.24) is 4.31 Å². The van der Waals surface area contributed by atoms with Crippen LogP contribution in [0.2, 0.25) is 0 Å². The lowest BCUT2D eigenvalue weighted by Gasteiger charge is -2.15. The van der Waals surface area contributed by atoms with Crippen molar-refractivity contribution >= 4 is 15.9 Å². The molecule has 0 bridgehead atoms. The minimum Gasteiger partial charge on any atom is -0.273 e. The summed E-state index contributed by atoms with van der Waals surface area (Å²) in [6, 6.07) is 7.81. The fourth-order valence-corrected chi connectivity index (χ4v) is 4.00. The molecule has 1 fully saturated rings. The smallest absolute Gasteiger partial charge is 0.239 e. The number of hydrogen-bond acceptors (Lipinski definition) is 3. The van der Waals surface area contributed by atoms with Gasteiger partial charge in [-0.2, -0.15) is 0 Å². The third kappa shape index (κ3) is 2.41. The van der Waals surface area contributed by atoms with Gasteiger partial charge in [-0.05, 0) is 24.5 Å². The van der Waals surface area contributed by atoms with Gasteiger partial charge in [0, 0.05) is 6.54 Å². The fourth-order valence-electron chi connectivity index (χ4n) is 2.22. The van der Waals surface area contributed by atoms with Crippen LogP contribution >= 0.6 is 0 Å². The molecule has 0 saturated carbocycles. The lowest BCUT2D eigenvalue weighted by molar-refractivity contribution is -0.128. The average molecular weight is 267 g/mol. The first-order valence-electron chi connectivity index (χ1n) is 6.00. The van der Waals surface area contributed by atoms with E-state index in [0.717, 1.165) is 15.4 Å². The van der Waals surface area contributed by atoms with Crippen LogP contribution in [0.3, 0.4) is 0 Å². The summed E-state index contributed by atoms with van der Waals surface area (Å²) < 4.78 is 24.6. The number of benzene rings is 1. The lowest BCUT2D eigenvalue weighted by Crippen LogP contribution is -2.32. The average Bonchev–Trinajstić information content (AvgIpc) is 2.48. The lowest BCUT2D eigenvalue weighted by atomic mass is 10.1. The van der Waals surface area contributed by atoms with Gasteiger partial charge in [0.15, 0.2) is 0 Å². The van der Waals surface area contributed by atoms with Gasteiger partial charge in [-0.25, -0.2) is 12.7 Å². The van der Waals surface area contributed by atoms with E-state index in [2.05, 4.69) is 0 Å². The van der Waals surface area contributed by atoms with E-state index < -0.39 is 15.9 Å². The van der Waals surface area contributed by atoms with Gasteiger partial charge in [0.1, 0.15) is 0 Å². The third-order valence-corrected chi connectivity index (χ3v) is 5.26. The second kappa shape index (κ2) is 4.72. The van der Waals surface area contributed by atoms with E-state index in [1.54, 1.807) is 6.92 Å². The van der Waals surface area contributed by atoms with Gasteiger partial charge in [-0.15, -0.1) is 0 Å². The van der Waals surface area contributed by atoms with Crippen LogP contribution < -0.4 is 0 Å². The standard InChI is InChI=1S/C13H17NO3S/c1-10-5-3-4-6-12(10)7-8-14-13(15)11(2)9-18(14,16)17/h3-6,11H,7-9H2,1-2H3. The summed E-state index contributed by atoms with van der Waals surface area (Å²) >= 11 is 0. The van der Waals surface area contributed by atoms with Crippen LogP contribution in [0.25, 0.3) is 0 Å². The van der Waals surface area contributed by atoms with Crippen molar-refractivity contribution in [3.8, 4) is 0 Å². The largest absolute Gasteiger partial charge is 0.273 e. The van der Waals surface area contributed by atoms with Crippen LogP contribution in [0.5, 0.6) is 0 Å². The second-order valence-corrected chi connectivity index (χ2v) is 6.70. The highest BCUT2D eigenvalue weighted by molar-refractivity contribution is 7.90. The zero-order chi connectivity index (χ0) is 13.3. The minimum absolute atomic E-state index is 0.0559. The van der Waals surface area contributed by atoms with Crippen LogP contribution in [0.1, 0.15) is 18.1 Å². The Kier molecular flexibility index (Phi) is 3.43. The van der Waals surface area contributed by atoms with Gasteiger partial charge >= 0.3 is 0 Å². The van der Waals surface area contributed by atoms with Gasteiger partial charge < -0.3 is 0 Å². The molecule has 2 rings (SSSR count). The highest BCUT2D eigenvalue weighted by Gasteiger charge is 2.40. The summed E-state index contributed by atoms with van der Waals surface area (Å²) in [6.45, 7) is 3.89. The molecule has 1 atom stereocenters. The normalized spacial score (nSPS) is 22.4. The summed E-state index contributed by atoms with van der Waals surface area (Å²) in [6.07, 6.45) is 0.574. The maximum atomic E-state index is 11.8. The van der Waals surface area contributed by atoms with Crippen molar-refractivity contribution in [2.75, 3.05) is 12.3 Å². The van der Waals surface area contributed by atoms with Crippen LogP contribution in [0.4, 0.5) is 0 Å². The summed E-state index contributed by atoms with van der Waals surface area (Å²) in [5, 5.41) is 0. The van der Waals surface area contributed by atoms with Gasteiger partial charge in [0.05, 0.1) is 11.7 Å². The van der Waals surface area contributed by atoms with E-state index in [-0.39, 0.29) is 18.2 Å². The molecule has 1 unspecified atom stereocenters. The predicted octanol–water partition coefficient (Wildman–Crippen LogP) is 1.35. The first-order valence-corrected chi connectivity index (χ1v) is 7.61. The van der Waals surface area contributed by atoms with Crippen LogP contribution in [-0.2, 0) is 21.2 Å². The molecular weight excluding hydrogens is 250 g/mol. The summed E-state index contributed by atoms with van der Waals surface area (Å²) in [5.74, 6) is -0.741. The molecule has 1 heterocycles. The Balaban J connectivity index is 2.11. The Morgan fingerprint density at radius 1 is 1.33 bits per heavy atom. The van der Waals surface area contributed by atoms with Crippen molar-refractivity contribution in [3.05, 3.63) is 35.4 Å². The minimum atomic E-state index is -3.38. The molecule has 1 aliphatic heterocycles. The number of carbonyl (C=O) groups excluding carboxylic acids is 1. The molecule has 1 aromatic rings. The number of sulfonamides is 1. The van der Waals surface area contributed by atoms with Crippen LogP contribution in [0.15, 0.2) is 24.3 Å². The molecule has 0 N–H and O–H groups in total. The SMILES string of the molecule is Cc1ccccc1CCN1C(=O)C(C)CS1(=O)=O. The Morgan fingerprint density at radius 3 is 2.56 bits per heavy atom. The number of aryl methyl sites for hydroxylation is 1. The van der Waals surface area contributed by atoms with E-state index in [1.807, 2.05) is 31.2 Å². The van der Waals surface area contributed by atoms with Gasteiger partial charge in [0.25, 0.3) is 0 Å². The molecule has 98 valence electrons. The van der Waals surface area contributed by atoms with Crippen molar-refractivity contribution < 1.29 is 13.2 Å². The van der Waals surface area contributed by atoms with Gasteiger partial charge in [-0.3, -0.25) is 4.79 Å². The van der Waals surface area contributed by atoms with E-state index >= 15 is 0 Å². The Bertz CT molecular complexity index is 565. The summed E-state index contributed by atoms with van der Waals surface area (Å²) in [7, 11) is -3.38. The van der Waals surface area contributed by atoms with Crippen molar-refractivity contribution in [2.24, 2.45) is 5.92 Å². The maximum Gasteiger partial charge on any atom is 0.239 e. The third-order valence-electron chi connectivity index (χ3n) is 3.31. The first kappa shape index (κ1) is 13.1. The highest BCUT2D eigenvalue weighted by Crippen LogP contribution is 2.21. The number of carbonyl (C=O) groups is 1. The molecule has 5 heteroatoms. The van der Waals surface area contributed by atoms with E-state index in [4.69, 9.17) is 0 Å². The van der Waals surface area contributed by atoms with Gasteiger partial charge in [-0.1, -0.05) is 31.2 Å². The van der Waals surface area contributed by atoms with E-state index in [0.29, 0.717) is 6.42 Å². The Morgan fingerprint density at radius 2 is 2.00 bits per heavy atom. The van der Waals surface area contributed by atoms with Crippen molar-refractivity contribution in [3.63, 3.8) is 0 Å². The molecule has 1 aromatic carbocycles. The topological polar surface area (TPSA) is 54.5 Å². The van der Waals surface area contributed by atoms with E-state index in [9.17, 15) is 13.2 Å². The first-order chi connectivity index (χ1) is 8.42. The van der Waals surface area contributed by atoms with Crippen LogP contribution in [-0.4, -0.2) is 30.9 Å². The number of rotatable bonds is 3. The quantitative estimate of drug-likeness (QED) is 0.830. The Labute approximate surface area is 108 Å². The molecule has 1 aliphatic rings. The molecule has 0 aliphatic carbocycles.